The zero-order chi connectivity index (χ0) is 55.7. The second-order valence-corrected chi connectivity index (χ2v) is 23.7. The van der Waals surface area contributed by atoms with Gasteiger partial charge in [-0.2, -0.15) is 0 Å². The number of carbonyl (C=O) groups is 6. The molecule has 4 aromatic rings. The van der Waals surface area contributed by atoms with E-state index in [2.05, 4.69) is 20.8 Å². The average Bonchev–Trinajstić information content (AvgIpc) is 3.29. The number of rotatable bonds is 14. The van der Waals surface area contributed by atoms with E-state index in [0.717, 1.165) is 17.5 Å². The SMILES string of the molecule is CCC(C)(C)c1cc(/C=C/C(=O)c2ccc(OC(=O)C(C)(C)C)cc2)c(OC)cc1OC(=O)C(C)(C)C.COc1cc(OC(=O)C(C)(C)C)c(C(C)(C)C)cc1/C=C/C(=O)c1ccc(OC(=O)C(C)(C)C)cc1. The van der Waals surface area contributed by atoms with Crippen LogP contribution in [0.2, 0.25) is 0 Å². The topological polar surface area (TPSA) is 158 Å². The van der Waals surface area contributed by atoms with Crippen molar-refractivity contribution >= 4 is 47.6 Å². The molecule has 12 nitrogen and oxygen atoms in total. The molecule has 0 fully saturated rings. The molecule has 0 atom stereocenters. The fourth-order valence-corrected chi connectivity index (χ4v) is 6.17. The van der Waals surface area contributed by atoms with Crippen LogP contribution in [-0.2, 0) is 30.0 Å². The van der Waals surface area contributed by atoms with Gasteiger partial charge in [0, 0.05) is 45.5 Å². The molecule has 0 radical (unpaired) electrons. The first-order chi connectivity index (χ1) is 33.4. The van der Waals surface area contributed by atoms with Crippen molar-refractivity contribution in [2.24, 2.45) is 21.7 Å². The highest BCUT2D eigenvalue weighted by Gasteiger charge is 2.31. The second kappa shape index (κ2) is 23.8. The highest BCUT2D eigenvalue weighted by atomic mass is 16.6. The first-order valence-electron chi connectivity index (χ1n) is 24.4. The Kier molecular flexibility index (Phi) is 19.7. The lowest BCUT2D eigenvalue weighted by molar-refractivity contribution is -0.143. The summed E-state index contributed by atoms with van der Waals surface area (Å²) in [4.78, 5) is 75.0. The van der Waals surface area contributed by atoms with Crippen molar-refractivity contribution in [2.75, 3.05) is 14.2 Å². The third kappa shape index (κ3) is 17.4. The molecule has 0 aromatic heterocycles. The number of methoxy groups -OCH3 is 2. The van der Waals surface area contributed by atoms with Crippen molar-refractivity contribution < 1.29 is 57.2 Å². The Bertz CT molecular complexity index is 2700. The normalized spacial score (nSPS) is 12.4. The van der Waals surface area contributed by atoms with E-state index in [0.29, 0.717) is 56.8 Å². The van der Waals surface area contributed by atoms with E-state index in [9.17, 15) is 28.8 Å². The maximum atomic E-state index is 12.9. The fraction of sp³-hybridized carbons (Fsp3) is 0.443. The van der Waals surface area contributed by atoms with Gasteiger partial charge in [-0.3, -0.25) is 28.8 Å². The number of allylic oxidation sites excluding steroid dienone is 2. The van der Waals surface area contributed by atoms with Gasteiger partial charge >= 0.3 is 23.9 Å². The molecule has 0 aliphatic carbocycles. The van der Waals surface area contributed by atoms with E-state index in [4.69, 9.17) is 28.4 Å². The lowest BCUT2D eigenvalue weighted by Gasteiger charge is -2.28. The van der Waals surface area contributed by atoms with Crippen LogP contribution in [-0.4, -0.2) is 49.7 Å². The van der Waals surface area contributed by atoms with Gasteiger partial charge in [0.15, 0.2) is 11.6 Å². The van der Waals surface area contributed by atoms with Gasteiger partial charge in [0.25, 0.3) is 0 Å². The van der Waals surface area contributed by atoms with E-state index in [-0.39, 0.29) is 46.3 Å². The van der Waals surface area contributed by atoms with Gasteiger partial charge in [0.1, 0.15) is 34.5 Å². The monoisotopic (exact) mass is 1000 g/mol. The minimum absolute atomic E-state index is 0.213. The average molecular weight is 1000 g/mol. The summed E-state index contributed by atoms with van der Waals surface area (Å²) in [6.07, 6.45) is 7.12. The van der Waals surface area contributed by atoms with Crippen LogP contribution < -0.4 is 28.4 Å². The Hall–Kier alpha value is -6.82. The lowest BCUT2D eigenvalue weighted by Crippen LogP contribution is -2.27. The van der Waals surface area contributed by atoms with Gasteiger partial charge in [-0.1, -0.05) is 41.5 Å². The van der Waals surface area contributed by atoms with Crippen LogP contribution in [0.3, 0.4) is 0 Å². The van der Waals surface area contributed by atoms with Gasteiger partial charge in [-0.05, 0) is 185 Å². The van der Waals surface area contributed by atoms with Gasteiger partial charge in [0.05, 0.1) is 35.9 Å². The van der Waals surface area contributed by atoms with Crippen molar-refractivity contribution in [3.63, 3.8) is 0 Å². The van der Waals surface area contributed by atoms with E-state index < -0.39 is 21.7 Å². The Balaban J connectivity index is 0.000000385. The molecular weight excluding hydrogens is 925 g/mol. The summed E-state index contributed by atoms with van der Waals surface area (Å²) in [6, 6.07) is 20.1. The van der Waals surface area contributed by atoms with Crippen molar-refractivity contribution in [1.82, 2.24) is 0 Å². The van der Waals surface area contributed by atoms with Crippen LogP contribution in [0, 0.1) is 21.7 Å². The van der Waals surface area contributed by atoms with Gasteiger partial charge < -0.3 is 28.4 Å². The Labute approximate surface area is 433 Å². The standard InChI is InChI=1S/C31H40O6.C30H38O6/c1-11-31(8,9)23-18-21(25(35-10)19-26(23)37-28(34)30(5,6)7)14-17-24(32)20-12-15-22(16-13-20)36-27(33)29(2,3)4;1-28(2,3)22-17-20(24(34-10)18-25(22)36-27(33)30(7,8)9)13-16-23(31)19-11-14-21(15-12-19)35-26(32)29(4,5)6/h12-19H,11H2,1-10H3;11-18H,1-10H3/b17-14+;16-13+. The molecule has 0 heterocycles. The van der Waals surface area contributed by atoms with Crippen molar-refractivity contribution in [3.05, 3.63) is 118 Å². The first-order valence-corrected chi connectivity index (χ1v) is 24.4. The number of carbonyl (C=O) groups excluding carboxylic acids is 6. The molecule has 0 aliphatic rings. The first kappa shape index (κ1) is 60.5. The van der Waals surface area contributed by atoms with E-state index in [1.54, 1.807) is 156 Å². The van der Waals surface area contributed by atoms with E-state index >= 15 is 0 Å². The molecule has 73 heavy (non-hydrogen) atoms. The van der Waals surface area contributed by atoms with Crippen molar-refractivity contribution in [3.8, 4) is 34.5 Å². The Morgan fingerprint density at radius 3 is 1.00 bits per heavy atom. The lowest BCUT2D eigenvalue weighted by atomic mass is 9.80. The molecule has 394 valence electrons. The largest absolute Gasteiger partial charge is 0.496 e. The summed E-state index contributed by atoms with van der Waals surface area (Å²) in [6.45, 7) is 33.8. The predicted octanol–water partition coefficient (Wildman–Crippen LogP) is 14.0. The highest BCUT2D eigenvalue weighted by Crippen LogP contribution is 2.41. The Morgan fingerprint density at radius 1 is 0.411 bits per heavy atom. The molecule has 0 aliphatic heterocycles. The molecule has 0 saturated heterocycles. The molecular formula is C61H78O12. The molecule has 4 aromatic carbocycles. The van der Waals surface area contributed by atoms with Crippen LogP contribution in [0.1, 0.15) is 174 Å². The third-order valence-corrected chi connectivity index (χ3v) is 11.5. The maximum Gasteiger partial charge on any atom is 0.316 e. The Morgan fingerprint density at radius 2 is 0.712 bits per heavy atom. The predicted molar refractivity (Wildman–Crippen MR) is 288 cm³/mol. The van der Waals surface area contributed by atoms with Gasteiger partial charge in [-0.25, -0.2) is 0 Å². The van der Waals surface area contributed by atoms with Gasteiger partial charge in [-0.15, -0.1) is 0 Å². The second-order valence-electron chi connectivity index (χ2n) is 23.7. The van der Waals surface area contributed by atoms with Crippen molar-refractivity contribution in [2.45, 2.75) is 142 Å². The third-order valence-electron chi connectivity index (χ3n) is 11.5. The van der Waals surface area contributed by atoms with Crippen LogP contribution in [0.25, 0.3) is 12.2 Å². The van der Waals surface area contributed by atoms with Crippen LogP contribution >= 0.6 is 0 Å². The quantitative estimate of drug-likeness (QED) is 0.0510. The zero-order valence-electron chi connectivity index (χ0n) is 46.8. The molecule has 0 amide bonds. The summed E-state index contributed by atoms with van der Waals surface area (Å²) < 4.78 is 33.4. The van der Waals surface area contributed by atoms with Crippen LogP contribution in [0.5, 0.6) is 34.5 Å². The number of ketones is 2. The number of ether oxygens (including phenoxy) is 6. The summed E-state index contributed by atoms with van der Waals surface area (Å²) in [5.74, 6) is 0.816. The van der Waals surface area contributed by atoms with Crippen LogP contribution in [0.4, 0.5) is 0 Å². The van der Waals surface area contributed by atoms with E-state index in [1.807, 2.05) is 32.9 Å². The summed E-state index contributed by atoms with van der Waals surface area (Å²) in [7, 11) is 3.06. The number of hydrogen-bond acceptors (Lipinski definition) is 12. The molecule has 0 unspecified atom stereocenters. The number of esters is 4. The molecule has 0 saturated carbocycles. The fourth-order valence-electron chi connectivity index (χ4n) is 6.17. The number of benzene rings is 4. The minimum Gasteiger partial charge on any atom is -0.496 e. The molecule has 12 heteroatoms. The zero-order valence-corrected chi connectivity index (χ0v) is 46.8. The summed E-state index contributed by atoms with van der Waals surface area (Å²) in [5, 5.41) is 0. The van der Waals surface area contributed by atoms with Gasteiger partial charge in [0.2, 0.25) is 0 Å². The minimum atomic E-state index is -0.660. The summed E-state index contributed by atoms with van der Waals surface area (Å²) in [5.41, 5.74) is 0.775. The maximum absolute atomic E-state index is 12.9. The molecule has 0 bridgehead atoms. The summed E-state index contributed by atoms with van der Waals surface area (Å²) >= 11 is 0. The van der Waals surface area contributed by atoms with E-state index in [1.165, 1.54) is 26.4 Å². The molecule has 0 N–H and O–H groups in total. The van der Waals surface area contributed by atoms with Crippen LogP contribution in [0.15, 0.2) is 84.9 Å². The molecule has 0 spiro atoms. The molecule has 4 rings (SSSR count). The van der Waals surface area contributed by atoms with Crippen molar-refractivity contribution in [1.29, 1.82) is 0 Å². The highest BCUT2D eigenvalue weighted by molar-refractivity contribution is 6.07. The smallest absolute Gasteiger partial charge is 0.316 e. The number of hydrogen-bond donors (Lipinski definition) is 0.